The fourth-order valence-corrected chi connectivity index (χ4v) is 1.41. The van der Waals surface area contributed by atoms with E-state index >= 15 is 0 Å². The number of nitrogens with one attached hydrogen (secondary N) is 1. The van der Waals surface area contributed by atoms with Crippen LogP contribution in [0.1, 0.15) is 21.8 Å². The smallest absolute Gasteiger partial charge is 0.358 e. The number of anilines is 1. The van der Waals surface area contributed by atoms with Gasteiger partial charge in [0.1, 0.15) is 6.07 Å². The van der Waals surface area contributed by atoms with Crippen molar-refractivity contribution in [1.82, 2.24) is 5.16 Å². The zero-order chi connectivity index (χ0) is 13.0. The lowest BCUT2D eigenvalue weighted by molar-refractivity contribution is 0.0685. The molecule has 0 spiro atoms. The molecule has 6 nitrogen and oxygen atoms in total. The molecule has 2 rings (SSSR count). The number of benzene rings is 1. The summed E-state index contributed by atoms with van der Waals surface area (Å²) in [6.07, 6.45) is 0. The summed E-state index contributed by atoms with van der Waals surface area (Å²) in [5.74, 6) is -0.748. The van der Waals surface area contributed by atoms with Crippen LogP contribution in [0.25, 0.3) is 0 Å². The summed E-state index contributed by atoms with van der Waals surface area (Å²) in [7, 11) is 0. The summed E-state index contributed by atoms with van der Waals surface area (Å²) < 4.78 is 4.84. The summed E-state index contributed by atoms with van der Waals surface area (Å²) in [5, 5.41) is 23.9. The molecule has 0 aliphatic carbocycles. The van der Waals surface area contributed by atoms with Crippen molar-refractivity contribution in [3.8, 4) is 6.07 Å². The second-order valence-corrected chi connectivity index (χ2v) is 3.49. The molecule has 0 saturated carbocycles. The Morgan fingerprint density at radius 3 is 2.94 bits per heavy atom. The number of para-hydroxylation sites is 1. The number of hydrogen-bond donors (Lipinski definition) is 2. The van der Waals surface area contributed by atoms with Gasteiger partial charge in [-0.2, -0.15) is 5.26 Å². The Kier molecular flexibility index (Phi) is 3.25. The molecule has 1 heterocycles. The molecule has 0 radical (unpaired) electrons. The number of carboxylic acid groups (broad SMARTS) is 1. The van der Waals surface area contributed by atoms with E-state index in [4.69, 9.17) is 14.9 Å². The average Bonchev–Trinajstić information content (AvgIpc) is 2.85. The second kappa shape index (κ2) is 5.01. The Morgan fingerprint density at radius 1 is 1.50 bits per heavy atom. The van der Waals surface area contributed by atoms with Gasteiger partial charge in [-0.15, -0.1) is 0 Å². The van der Waals surface area contributed by atoms with Crippen molar-refractivity contribution >= 4 is 11.7 Å². The molecule has 0 unspecified atom stereocenters. The Morgan fingerprint density at radius 2 is 2.28 bits per heavy atom. The van der Waals surface area contributed by atoms with Gasteiger partial charge < -0.3 is 14.9 Å². The third-order valence-corrected chi connectivity index (χ3v) is 2.28. The number of rotatable bonds is 4. The van der Waals surface area contributed by atoms with E-state index in [1.165, 1.54) is 6.07 Å². The minimum absolute atomic E-state index is 0.139. The molecule has 2 aromatic rings. The number of hydrogen-bond acceptors (Lipinski definition) is 5. The minimum atomic E-state index is -1.14. The van der Waals surface area contributed by atoms with E-state index in [1.54, 1.807) is 24.3 Å². The van der Waals surface area contributed by atoms with Gasteiger partial charge in [-0.3, -0.25) is 0 Å². The molecule has 0 amide bonds. The van der Waals surface area contributed by atoms with E-state index in [-0.39, 0.29) is 12.2 Å². The van der Waals surface area contributed by atoms with Crippen molar-refractivity contribution in [3.05, 3.63) is 47.3 Å². The molecule has 6 heteroatoms. The summed E-state index contributed by atoms with van der Waals surface area (Å²) in [5.41, 5.74) is 1.03. The predicted octanol–water partition coefficient (Wildman–Crippen LogP) is 1.86. The van der Waals surface area contributed by atoms with Crippen molar-refractivity contribution in [1.29, 1.82) is 5.26 Å². The number of nitriles is 1. The number of aromatic carboxylic acids is 1. The molecule has 1 aromatic carbocycles. The lowest BCUT2D eigenvalue weighted by atomic mass is 10.2. The van der Waals surface area contributed by atoms with Crippen molar-refractivity contribution in [2.75, 3.05) is 5.32 Å². The first kappa shape index (κ1) is 11.7. The molecule has 0 atom stereocenters. The van der Waals surface area contributed by atoms with Crippen LogP contribution in [0.2, 0.25) is 0 Å². The molecule has 2 N–H and O–H groups in total. The van der Waals surface area contributed by atoms with Crippen LogP contribution in [0.3, 0.4) is 0 Å². The van der Waals surface area contributed by atoms with Crippen molar-refractivity contribution in [2.24, 2.45) is 0 Å². The highest BCUT2D eigenvalue weighted by atomic mass is 16.5. The highest BCUT2D eigenvalue weighted by Crippen LogP contribution is 2.15. The first-order chi connectivity index (χ1) is 8.70. The Bertz CT molecular complexity index is 613. The maximum absolute atomic E-state index is 10.6. The molecule has 0 aliphatic rings. The van der Waals surface area contributed by atoms with E-state index in [1.807, 2.05) is 0 Å². The zero-order valence-electron chi connectivity index (χ0n) is 9.25. The Hall–Kier alpha value is -2.81. The van der Waals surface area contributed by atoms with E-state index in [0.29, 0.717) is 17.0 Å². The monoisotopic (exact) mass is 243 g/mol. The fraction of sp³-hybridized carbons (Fsp3) is 0.0833. The third kappa shape index (κ3) is 2.47. The lowest BCUT2D eigenvalue weighted by Crippen LogP contribution is -2.00. The van der Waals surface area contributed by atoms with Crippen LogP contribution in [-0.4, -0.2) is 16.2 Å². The van der Waals surface area contributed by atoms with E-state index in [0.717, 1.165) is 0 Å². The van der Waals surface area contributed by atoms with Crippen LogP contribution in [-0.2, 0) is 6.54 Å². The highest BCUT2D eigenvalue weighted by molar-refractivity contribution is 5.85. The van der Waals surface area contributed by atoms with Crippen LogP contribution < -0.4 is 5.32 Å². The molecule has 18 heavy (non-hydrogen) atoms. The molecule has 90 valence electrons. The standard InChI is InChI=1S/C12H9N3O3/c13-6-8-3-1-2-4-10(8)14-7-9-5-11(12(16)17)15-18-9/h1-5,14H,7H2,(H,16,17). The van der Waals surface area contributed by atoms with Gasteiger partial charge in [-0.05, 0) is 12.1 Å². The molecule has 0 bridgehead atoms. The van der Waals surface area contributed by atoms with Gasteiger partial charge in [0.25, 0.3) is 0 Å². The highest BCUT2D eigenvalue weighted by Gasteiger charge is 2.10. The van der Waals surface area contributed by atoms with Gasteiger partial charge in [0.15, 0.2) is 11.5 Å². The molecular weight excluding hydrogens is 234 g/mol. The normalized spacial score (nSPS) is 9.72. The van der Waals surface area contributed by atoms with E-state index in [2.05, 4.69) is 16.5 Å². The van der Waals surface area contributed by atoms with Crippen molar-refractivity contribution in [2.45, 2.75) is 6.54 Å². The summed E-state index contributed by atoms with van der Waals surface area (Å²) in [6.45, 7) is 0.263. The number of aromatic nitrogens is 1. The van der Waals surface area contributed by atoms with Crippen LogP contribution in [0.15, 0.2) is 34.9 Å². The van der Waals surface area contributed by atoms with Gasteiger partial charge in [-0.1, -0.05) is 17.3 Å². The van der Waals surface area contributed by atoms with Gasteiger partial charge in [-0.25, -0.2) is 4.79 Å². The van der Waals surface area contributed by atoms with Gasteiger partial charge in [0.05, 0.1) is 17.8 Å². The van der Waals surface area contributed by atoms with Crippen molar-refractivity contribution in [3.63, 3.8) is 0 Å². The number of carbonyl (C=O) groups is 1. The topological polar surface area (TPSA) is 99.2 Å². The molecule has 0 aliphatic heterocycles. The fourth-order valence-electron chi connectivity index (χ4n) is 1.41. The first-order valence-corrected chi connectivity index (χ1v) is 5.12. The third-order valence-electron chi connectivity index (χ3n) is 2.28. The quantitative estimate of drug-likeness (QED) is 0.850. The second-order valence-electron chi connectivity index (χ2n) is 3.49. The van der Waals surface area contributed by atoms with Crippen LogP contribution >= 0.6 is 0 Å². The van der Waals surface area contributed by atoms with Crippen LogP contribution in [0.4, 0.5) is 5.69 Å². The summed E-state index contributed by atoms with van der Waals surface area (Å²) in [4.78, 5) is 10.6. The minimum Gasteiger partial charge on any atom is -0.476 e. The number of carboxylic acids is 1. The maximum atomic E-state index is 10.6. The van der Waals surface area contributed by atoms with Gasteiger partial charge in [0.2, 0.25) is 0 Å². The van der Waals surface area contributed by atoms with E-state index in [9.17, 15) is 4.79 Å². The molecule has 1 aromatic heterocycles. The molecule has 0 saturated heterocycles. The lowest BCUT2D eigenvalue weighted by Gasteiger charge is -2.04. The van der Waals surface area contributed by atoms with Crippen LogP contribution in [0, 0.1) is 11.3 Å². The largest absolute Gasteiger partial charge is 0.476 e. The van der Waals surface area contributed by atoms with Gasteiger partial charge in [0, 0.05) is 6.07 Å². The Balaban J connectivity index is 2.07. The predicted molar refractivity (Wildman–Crippen MR) is 61.9 cm³/mol. The Labute approximate surface area is 102 Å². The van der Waals surface area contributed by atoms with Gasteiger partial charge >= 0.3 is 5.97 Å². The average molecular weight is 243 g/mol. The van der Waals surface area contributed by atoms with E-state index < -0.39 is 5.97 Å². The molecular formula is C12H9N3O3. The SMILES string of the molecule is N#Cc1ccccc1NCc1cc(C(=O)O)no1. The number of nitrogens with zero attached hydrogens (tertiary/aromatic N) is 2. The summed E-state index contributed by atoms with van der Waals surface area (Å²) in [6, 6.07) is 10.4. The maximum Gasteiger partial charge on any atom is 0.358 e. The van der Waals surface area contributed by atoms with Crippen molar-refractivity contribution < 1.29 is 14.4 Å². The summed E-state index contributed by atoms with van der Waals surface area (Å²) >= 11 is 0. The van der Waals surface area contributed by atoms with Crippen LogP contribution in [0.5, 0.6) is 0 Å². The zero-order valence-corrected chi connectivity index (χ0v) is 9.25. The molecule has 0 fully saturated rings. The first-order valence-electron chi connectivity index (χ1n) is 5.12.